The first-order valence-corrected chi connectivity index (χ1v) is 8.75. The zero-order valence-corrected chi connectivity index (χ0v) is 14.8. The van der Waals surface area contributed by atoms with Gasteiger partial charge in [0, 0.05) is 24.2 Å². The zero-order chi connectivity index (χ0) is 18.9. The highest BCUT2D eigenvalue weighted by Gasteiger charge is 2.06. The van der Waals surface area contributed by atoms with E-state index in [2.05, 4.69) is 20.7 Å². The topological polar surface area (TPSA) is 88.9 Å². The highest BCUT2D eigenvalue weighted by molar-refractivity contribution is 5.94. The van der Waals surface area contributed by atoms with Gasteiger partial charge in [0.1, 0.15) is 12.7 Å². The van der Waals surface area contributed by atoms with E-state index in [1.807, 2.05) is 42.5 Å². The third-order valence-electron chi connectivity index (χ3n) is 3.92. The Labute approximate surface area is 157 Å². The number of nitrogens with zero attached hydrogens (tertiary/aromatic N) is 3. The number of rotatable bonds is 8. The van der Waals surface area contributed by atoms with E-state index in [-0.39, 0.29) is 11.8 Å². The molecule has 7 nitrogen and oxygen atoms in total. The molecule has 0 spiro atoms. The monoisotopic (exact) mass is 363 g/mol. The van der Waals surface area contributed by atoms with E-state index in [1.54, 1.807) is 23.1 Å². The van der Waals surface area contributed by atoms with Gasteiger partial charge in [-0.25, -0.2) is 9.67 Å². The predicted octanol–water partition coefficient (Wildman–Crippen LogP) is 2.48. The molecule has 0 bridgehead atoms. The summed E-state index contributed by atoms with van der Waals surface area (Å²) >= 11 is 0. The number of hydrogen-bond donors (Lipinski definition) is 2. The minimum Gasteiger partial charge on any atom is -0.352 e. The molecule has 2 N–H and O–H groups in total. The molecule has 138 valence electrons. The second kappa shape index (κ2) is 9.28. The van der Waals surface area contributed by atoms with Gasteiger partial charge in [0.15, 0.2) is 0 Å². The molecule has 0 radical (unpaired) electrons. The molecule has 0 fully saturated rings. The van der Waals surface area contributed by atoms with Crippen molar-refractivity contribution in [2.24, 2.45) is 0 Å². The summed E-state index contributed by atoms with van der Waals surface area (Å²) in [7, 11) is 0. The molecule has 0 atom stereocenters. The number of benzene rings is 2. The lowest BCUT2D eigenvalue weighted by Gasteiger charge is -2.08. The summed E-state index contributed by atoms with van der Waals surface area (Å²) in [6, 6.07) is 16.6. The fourth-order valence-electron chi connectivity index (χ4n) is 2.61. The molecular formula is C20H21N5O2. The standard InChI is InChI=1S/C20H21N5O2/c26-19(10-5-11-22-20(27)17-7-2-1-3-8-17)24-18-9-4-6-16(12-18)13-25-15-21-14-23-25/h1-4,6-9,12,14-15H,5,10-11,13H2,(H,22,27)(H,24,26). The fraction of sp³-hybridized carbons (Fsp3) is 0.200. The average molecular weight is 363 g/mol. The Bertz CT molecular complexity index is 878. The van der Waals surface area contributed by atoms with Crippen LogP contribution in [0, 0.1) is 0 Å². The smallest absolute Gasteiger partial charge is 0.251 e. The van der Waals surface area contributed by atoms with Crippen LogP contribution in [0.1, 0.15) is 28.8 Å². The van der Waals surface area contributed by atoms with Crippen molar-refractivity contribution in [2.75, 3.05) is 11.9 Å². The number of aromatic nitrogens is 3. The molecule has 7 heteroatoms. The van der Waals surface area contributed by atoms with Gasteiger partial charge in [0.2, 0.25) is 5.91 Å². The Morgan fingerprint density at radius 3 is 2.67 bits per heavy atom. The summed E-state index contributed by atoms with van der Waals surface area (Å²) in [6.45, 7) is 1.04. The third-order valence-corrected chi connectivity index (χ3v) is 3.92. The van der Waals surface area contributed by atoms with E-state index >= 15 is 0 Å². The van der Waals surface area contributed by atoms with E-state index in [0.717, 1.165) is 11.3 Å². The van der Waals surface area contributed by atoms with Gasteiger partial charge in [-0.3, -0.25) is 9.59 Å². The summed E-state index contributed by atoms with van der Waals surface area (Å²) in [5.41, 5.74) is 2.38. The second-order valence-electron chi connectivity index (χ2n) is 6.07. The van der Waals surface area contributed by atoms with E-state index < -0.39 is 0 Å². The molecule has 1 heterocycles. The van der Waals surface area contributed by atoms with Crippen LogP contribution in [0.2, 0.25) is 0 Å². The van der Waals surface area contributed by atoms with E-state index in [0.29, 0.717) is 31.5 Å². The fourth-order valence-corrected chi connectivity index (χ4v) is 2.61. The van der Waals surface area contributed by atoms with Crippen LogP contribution in [-0.2, 0) is 11.3 Å². The molecule has 1 aromatic heterocycles. The van der Waals surface area contributed by atoms with E-state index in [1.165, 1.54) is 6.33 Å². The normalized spacial score (nSPS) is 10.4. The van der Waals surface area contributed by atoms with Gasteiger partial charge in [-0.2, -0.15) is 5.10 Å². The number of carbonyl (C=O) groups excluding carboxylic acids is 2. The molecule has 0 unspecified atom stereocenters. The first kappa shape index (κ1) is 18.3. The lowest BCUT2D eigenvalue weighted by Crippen LogP contribution is -2.25. The lowest BCUT2D eigenvalue weighted by atomic mass is 10.2. The van der Waals surface area contributed by atoms with E-state index in [4.69, 9.17) is 0 Å². The van der Waals surface area contributed by atoms with Crippen LogP contribution in [0.25, 0.3) is 0 Å². The highest BCUT2D eigenvalue weighted by Crippen LogP contribution is 2.12. The maximum absolute atomic E-state index is 12.1. The number of nitrogens with one attached hydrogen (secondary N) is 2. The van der Waals surface area contributed by atoms with Crippen LogP contribution >= 0.6 is 0 Å². The van der Waals surface area contributed by atoms with E-state index in [9.17, 15) is 9.59 Å². The number of anilines is 1. The molecule has 0 aliphatic carbocycles. The lowest BCUT2D eigenvalue weighted by molar-refractivity contribution is -0.116. The number of hydrogen-bond acceptors (Lipinski definition) is 4. The van der Waals surface area contributed by atoms with Crippen molar-refractivity contribution in [2.45, 2.75) is 19.4 Å². The van der Waals surface area contributed by atoms with Crippen molar-refractivity contribution >= 4 is 17.5 Å². The summed E-state index contributed by atoms with van der Waals surface area (Å²) in [5, 5.41) is 9.77. The minimum absolute atomic E-state index is 0.0816. The Morgan fingerprint density at radius 2 is 1.89 bits per heavy atom. The van der Waals surface area contributed by atoms with Gasteiger partial charge in [-0.1, -0.05) is 30.3 Å². The molecule has 3 rings (SSSR count). The molecule has 3 aromatic rings. The molecule has 0 aliphatic heterocycles. The van der Waals surface area contributed by atoms with Gasteiger partial charge in [0.05, 0.1) is 6.54 Å². The molecule has 0 saturated heterocycles. The maximum atomic E-state index is 12.1. The Hall–Kier alpha value is -3.48. The second-order valence-corrected chi connectivity index (χ2v) is 6.07. The molecule has 2 aromatic carbocycles. The van der Waals surface area contributed by atoms with Gasteiger partial charge < -0.3 is 10.6 Å². The summed E-state index contributed by atoms with van der Waals surface area (Å²) < 4.78 is 1.72. The molecule has 0 aliphatic rings. The van der Waals surface area contributed by atoms with Gasteiger partial charge in [-0.15, -0.1) is 0 Å². The van der Waals surface area contributed by atoms with Crippen LogP contribution in [0.15, 0.2) is 67.3 Å². The highest BCUT2D eigenvalue weighted by atomic mass is 16.2. The summed E-state index contributed by atoms with van der Waals surface area (Å²) in [5.74, 6) is -0.210. The average Bonchev–Trinajstić information content (AvgIpc) is 3.19. The SMILES string of the molecule is O=C(CCCNC(=O)c1ccccc1)Nc1cccc(Cn2cncn2)c1. The Morgan fingerprint density at radius 1 is 1.04 bits per heavy atom. The van der Waals surface area contributed by atoms with Crippen molar-refractivity contribution in [3.63, 3.8) is 0 Å². The first-order valence-electron chi connectivity index (χ1n) is 8.75. The van der Waals surface area contributed by atoms with Crippen LogP contribution in [-0.4, -0.2) is 33.1 Å². The first-order chi connectivity index (χ1) is 13.2. The van der Waals surface area contributed by atoms with Crippen molar-refractivity contribution < 1.29 is 9.59 Å². The predicted molar refractivity (Wildman–Crippen MR) is 102 cm³/mol. The van der Waals surface area contributed by atoms with Gasteiger partial charge in [-0.05, 0) is 36.2 Å². The van der Waals surface area contributed by atoms with Crippen molar-refractivity contribution in [1.29, 1.82) is 0 Å². The van der Waals surface area contributed by atoms with Crippen LogP contribution in [0.3, 0.4) is 0 Å². The summed E-state index contributed by atoms with van der Waals surface area (Å²) in [4.78, 5) is 27.9. The zero-order valence-electron chi connectivity index (χ0n) is 14.8. The quantitative estimate of drug-likeness (QED) is 0.602. The summed E-state index contributed by atoms with van der Waals surface area (Å²) in [6.07, 6.45) is 4.04. The van der Waals surface area contributed by atoms with Crippen molar-refractivity contribution in [3.05, 3.63) is 78.4 Å². The van der Waals surface area contributed by atoms with Crippen LogP contribution < -0.4 is 10.6 Å². The molecular weight excluding hydrogens is 342 g/mol. The van der Waals surface area contributed by atoms with Gasteiger partial charge >= 0.3 is 0 Å². The molecule has 2 amide bonds. The van der Waals surface area contributed by atoms with Crippen LogP contribution in [0.5, 0.6) is 0 Å². The largest absolute Gasteiger partial charge is 0.352 e. The van der Waals surface area contributed by atoms with Crippen LogP contribution in [0.4, 0.5) is 5.69 Å². The molecule has 27 heavy (non-hydrogen) atoms. The Kier molecular flexibility index (Phi) is 6.30. The maximum Gasteiger partial charge on any atom is 0.251 e. The van der Waals surface area contributed by atoms with Crippen molar-refractivity contribution in [3.8, 4) is 0 Å². The Balaban J connectivity index is 1.41. The van der Waals surface area contributed by atoms with Gasteiger partial charge in [0.25, 0.3) is 5.91 Å². The number of carbonyl (C=O) groups is 2. The number of amides is 2. The molecule has 0 saturated carbocycles. The minimum atomic E-state index is -0.128. The third kappa shape index (κ3) is 5.78. The van der Waals surface area contributed by atoms with Crippen molar-refractivity contribution in [1.82, 2.24) is 20.1 Å².